The number of carbonyl (C=O) groups is 1. The van der Waals surface area contributed by atoms with Gasteiger partial charge in [-0.25, -0.2) is 9.97 Å². The molecule has 7 heteroatoms. The van der Waals surface area contributed by atoms with Crippen molar-refractivity contribution in [3.05, 3.63) is 42.2 Å². The summed E-state index contributed by atoms with van der Waals surface area (Å²) in [6.07, 6.45) is 3.15. The van der Waals surface area contributed by atoms with Crippen LogP contribution >= 0.6 is 0 Å². The van der Waals surface area contributed by atoms with Crippen molar-refractivity contribution in [2.75, 3.05) is 49.6 Å². The SMILES string of the molecule is CCN(CC)C(=O)c1cnc(Nc2ccccc2N2CCOCC2)nc1. The molecule has 0 saturated carbocycles. The molecule has 1 amide bonds. The summed E-state index contributed by atoms with van der Waals surface area (Å²) in [7, 11) is 0. The van der Waals surface area contributed by atoms with Gasteiger partial charge in [-0.15, -0.1) is 0 Å². The smallest absolute Gasteiger partial charge is 0.256 e. The maximum Gasteiger partial charge on any atom is 0.256 e. The zero-order chi connectivity index (χ0) is 18.4. The molecule has 1 saturated heterocycles. The second kappa shape index (κ2) is 8.62. The molecule has 1 aliphatic heterocycles. The highest BCUT2D eigenvalue weighted by Gasteiger charge is 2.16. The topological polar surface area (TPSA) is 70.6 Å². The quantitative estimate of drug-likeness (QED) is 0.859. The molecule has 1 aromatic heterocycles. The van der Waals surface area contributed by atoms with Crippen LogP contribution in [-0.2, 0) is 4.74 Å². The molecule has 2 heterocycles. The van der Waals surface area contributed by atoms with Crippen molar-refractivity contribution in [2.24, 2.45) is 0 Å². The van der Waals surface area contributed by atoms with Crippen LogP contribution in [0.25, 0.3) is 0 Å². The summed E-state index contributed by atoms with van der Waals surface area (Å²) in [5, 5.41) is 3.26. The normalized spacial score (nSPS) is 14.2. The highest BCUT2D eigenvalue weighted by atomic mass is 16.5. The molecule has 7 nitrogen and oxygen atoms in total. The third-order valence-electron chi connectivity index (χ3n) is 4.45. The van der Waals surface area contributed by atoms with Crippen LogP contribution in [0.2, 0.25) is 0 Å². The molecule has 2 aromatic rings. The van der Waals surface area contributed by atoms with Crippen molar-refractivity contribution >= 4 is 23.2 Å². The van der Waals surface area contributed by atoms with Crippen LogP contribution in [0.5, 0.6) is 0 Å². The van der Waals surface area contributed by atoms with E-state index in [0.717, 1.165) is 37.7 Å². The molecule has 138 valence electrons. The number of para-hydroxylation sites is 2. The summed E-state index contributed by atoms with van der Waals surface area (Å²) in [5.74, 6) is 0.428. The number of nitrogens with zero attached hydrogens (tertiary/aromatic N) is 4. The summed E-state index contributed by atoms with van der Waals surface area (Å²) in [6.45, 7) is 8.43. The number of rotatable bonds is 6. The highest BCUT2D eigenvalue weighted by molar-refractivity contribution is 5.93. The maximum absolute atomic E-state index is 12.3. The van der Waals surface area contributed by atoms with Crippen molar-refractivity contribution in [1.82, 2.24) is 14.9 Å². The van der Waals surface area contributed by atoms with Crippen molar-refractivity contribution < 1.29 is 9.53 Å². The van der Waals surface area contributed by atoms with Crippen LogP contribution in [0.1, 0.15) is 24.2 Å². The lowest BCUT2D eigenvalue weighted by Crippen LogP contribution is -2.36. The van der Waals surface area contributed by atoms with Gasteiger partial charge in [0, 0.05) is 38.6 Å². The average Bonchev–Trinajstić information content (AvgIpc) is 2.70. The van der Waals surface area contributed by atoms with E-state index in [1.54, 1.807) is 17.3 Å². The number of hydrogen-bond donors (Lipinski definition) is 1. The lowest BCUT2D eigenvalue weighted by Gasteiger charge is -2.30. The van der Waals surface area contributed by atoms with Crippen LogP contribution in [0.15, 0.2) is 36.7 Å². The summed E-state index contributed by atoms with van der Waals surface area (Å²) >= 11 is 0. The van der Waals surface area contributed by atoms with Crippen LogP contribution in [-0.4, -0.2) is 60.2 Å². The minimum Gasteiger partial charge on any atom is -0.378 e. The number of anilines is 3. The number of carbonyl (C=O) groups excluding carboxylic acids is 1. The van der Waals surface area contributed by atoms with Gasteiger partial charge in [0.25, 0.3) is 5.91 Å². The maximum atomic E-state index is 12.3. The first-order valence-electron chi connectivity index (χ1n) is 9.03. The van der Waals surface area contributed by atoms with E-state index in [-0.39, 0.29) is 5.91 Å². The standard InChI is InChI=1S/C19H25N5O2/c1-3-23(4-2)18(25)15-13-20-19(21-14-15)22-16-7-5-6-8-17(16)24-9-11-26-12-10-24/h5-8,13-14H,3-4,9-12H2,1-2H3,(H,20,21,22). The van der Waals surface area contributed by atoms with Gasteiger partial charge in [-0.1, -0.05) is 12.1 Å². The Balaban J connectivity index is 1.74. The van der Waals surface area contributed by atoms with E-state index in [1.807, 2.05) is 32.0 Å². The van der Waals surface area contributed by atoms with Crippen LogP contribution in [0, 0.1) is 0 Å². The number of hydrogen-bond acceptors (Lipinski definition) is 6. The van der Waals surface area contributed by atoms with Gasteiger partial charge in [-0.2, -0.15) is 0 Å². The molecule has 1 fully saturated rings. The molecule has 0 radical (unpaired) electrons. The first-order chi connectivity index (χ1) is 12.7. The Morgan fingerprint density at radius 1 is 1.15 bits per heavy atom. The Morgan fingerprint density at radius 2 is 1.81 bits per heavy atom. The van der Waals surface area contributed by atoms with Crippen molar-refractivity contribution in [1.29, 1.82) is 0 Å². The minimum absolute atomic E-state index is 0.0460. The molecule has 0 spiro atoms. The summed E-state index contributed by atoms with van der Waals surface area (Å²) in [5.41, 5.74) is 2.54. The van der Waals surface area contributed by atoms with Gasteiger partial charge in [-0.05, 0) is 26.0 Å². The molecule has 1 N–H and O–H groups in total. The zero-order valence-electron chi connectivity index (χ0n) is 15.3. The van der Waals surface area contributed by atoms with E-state index in [1.165, 1.54) is 0 Å². The van der Waals surface area contributed by atoms with Crippen molar-refractivity contribution in [3.8, 4) is 0 Å². The van der Waals surface area contributed by atoms with E-state index >= 15 is 0 Å². The predicted octanol–water partition coefficient (Wildman–Crippen LogP) is 2.54. The Kier molecular flexibility index (Phi) is 6.01. The first-order valence-corrected chi connectivity index (χ1v) is 9.03. The lowest BCUT2D eigenvalue weighted by molar-refractivity contribution is 0.0772. The van der Waals surface area contributed by atoms with Gasteiger partial charge in [0.15, 0.2) is 0 Å². The molecule has 1 aromatic carbocycles. The van der Waals surface area contributed by atoms with Gasteiger partial charge >= 0.3 is 0 Å². The molecule has 3 rings (SSSR count). The zero-order valence-corrected chi connectivity index (χ0v) is 15.3. The Bertz CT molecular complexity index is 725. The molecule has 26 heavy (non-hydrogen) atoms. The molecule has 1 aliphatic rings. The third kappa shape index (κ3) is 4.11. The van der Waals surface area contributed by atoms with Gasteiger partial charge < -0.3 is 19.9 Å². The monoisotopic (exact) mass is 355 g/mol. The lowest BCUT2D eigenvalue weighted by atomic mass is 10.2. The van der Waals surface area contributed by atoms with E-state index < -0.39 is 0 Å². The molecule has 0 bridgehead atoms. The van der Waals surface area contributed by atoms with Crippen LogP contribution in [0.3, 0.4) is 0 Å². The molecule has 0 unspecified atom stereocenters. The van der Waals surface area contributed by atoms with Crippen molar-refractivity contribution in [3.63, 3.8) is 0 Å². The molecule has 0 aliphatic carbocycles. The summed E-state index contributed by atoms with van der Waals surface area (Å²) in [4.78, 5) is 25.0. The van der Waals surface area contributed by atoms with Crippen molar-refractivity contribution in [2.45, 2.75) is 13.8 Å². The molecular weight excluding hydrogens is 330 g/mol. The van der Waals surface area contributed by atoms with E-state index in [2.05, 4.69) is 26.3 Å². The summed E-state index contributed by atoms with van der Waals surface area (Å²) < 4.78 is 5.43. The number of amides is 1. The van der Waals surface area contributed by atoms with E-state index in [0.29, 0.717) is 24.6 Å². The Labute approximate surface area is 154 Å². The largest absolute Gasteiger partial charge is 0.378 e. The number of benzene rings is 1. The van der Waals surface area contributed by atoms with Crippen LogP contribution < -0.4 is 10.2 Å². The predicted molar refractivity (Wildman–Crippen MR) is 102 cm³/mol. The minimum atomic E-state index is -0.0460. The number of morpholine rings is 1. The fourth-order valence-corrected chi connectivity index (χ4v) is 2.98. The second-order valence-electron chi connectivity index (χ2n) is 6.01. The van der Waals surface area contributed by atoms with E-state index in [4.69, 9.17) is 4.74 Å². The Hall–Kier alpha value is -2.67. The number of ether oxygens (including phenoxy) is 1. The fraction of sp³-hybridized carbons (Fsp3) is 0.421. The number of aromatic nitrogens is 2. The summed E-state index contributed by atoms with van der Waals surface area (Å²) in [6, 6.07) is 8.07. The highest BCUT2D eigenvalue weighted by Crippen LogP contribution is 2.28. The van der Waals surface area contributed by atoms with Gasteiger partial charge in [0.05, 0.1) is 30.2 Å². The van der Waals surface area contributed by atoms with Crippen LogP contribution in [0.4, 0.5) is 17.3 Å². The Morgan fingerprint density at radius 3 is 2.46 bits per heavy atom. The second-order valence-corrected chi connectivity index (χ2v) is 6.01. The van der Waals surface area contributed by atoms with Gasteiger partial charge in [0.2, 0.25) is 5.95 Å². The molecular formula is C19H25N5O2. The van der Waals surface area contributed by atoms with Gasteiger partial charge in [0.1, 0.15) is 0 Å². The van der Waals surface area contributed by atoms with E-state index in [9.17, 15) is 4.79 Å². The average molecular weight is 355 g/mol. The third-order valence-corrected chi connectivity index (χ3v) is 4.45. The first kappa shape index (κ1) is 18.1. The fourth-order valence-electron chi connectivity index (χ4n) is 2.98. The van der Waals surface area contributed by atoms with Gasteiger partial charge in [-0.3, -0.25) is 4.79 Å². The number of nitrogens with one attached hydrogen (secondary N) is 1. The molecule has 0 atom stereocenters.